The molecule has 5 rings (SSSR count). The first-order valence-electron chi connectivity index (χ1n) is 11.4. The molecule has 1 N–H and O–H groups in total. The van der Waals surface area contributed by atoms with Gasteiger partial charge in [0.05, 0.1) is 39.9 Å². The van der Waals surface area contributed by atoms with Crippen molar-refractivity contribution in [3.05, 3.63) is 47.7 Å². The zero-order valence-corrected chi connectivity index (χ0v) is 19.1. The molecule has 3 aromatic rings. The number of sulfone groups is 1. The van der Waals surface area contributed by atoms with Gasteiger partial charge in [-0.3, -0.25) is 4.79 Å². The average molecular weight is 453 g/mol. The minimum atomic E-state index is -3.08. The molecule has 1 aromatic carbocycles. The Kier molecular flexibility index (Phi) is 5.49. The highest BCUT2D eigenvalue weighted by molar-refractivity contribution is 7.91. The summed E-state index contributed by atoms with van der Waals surface area (Å²) in [4.78, 5) is 18.3. The quantitative estimate of drug-likeness (QED) is 0.649. The number of nitrogens with zero attached hydrogens (tertiary/aromatic N) is 3. The molecular weight excluding hydrogens is 424 g/mol. The third-order valence-electron chi connectivity index (χ3n) is 6.65. The van der Waals surface area contributed by atoms with Crippen LogP contribution in [0, 0.1) is 6.92 Å². The van der Waals surface area contributed by atoms with Gasteiger partial charge in [-0.2, -0.15) is 5.10 Å². The van der Waals surface area contributed by atoms with Crippen LogP contribution in [-0.4, -0.2) is 46.6 Å². The number of aromatic nitrogens is 3. The number of aryl methyl sites for hydroxylation is 1. The SMILES string of the molecule is Cc1nn(C2CCS(=O)(=O)C2)c2nc(-c3ccccc3)cc(C(=O)NC3CCCCC3)c12. The molecule has 0 radical (unpaired) electrons. The van der Waals surface area contributed by atoms with Crippen LogP contribution in [0.5, 0.6) is 0 Å². The summed E-state index contributed by atoms with van der Waals surface area (Å²) in [7, 11) is -3.08. The summed E-state index contributed by atoms with van der Waals surface area (Å²) in [5, 5.41) is 8.61. The third-order valence-corrected chi connectivity index (χ3v) is 8.40. The molecule has 2 fully saturated rings. The Labute approximate surface area is 188 Å². The van der Waals surface area contributed by atoms with Crippen LogP contribution in [-0.2, 0) is 9.84 Å². The minimum Gasteiger partial charge on any atom is -0.349 e. The average Bonchev–Trinajstić information content (AvgIpc) is 3.33. The number of rotatable bonds is 4. The second kappa shape index (κ2) is 8.31. The van der Waals surface area contributed by atoms with E-state index in [1.165, 1.54) is 6.42 Å². The first kappa shape index (κ1) is 21.1. The van der Waals surface area contributed by atoms with Crippen LogP contribution in [0.25, 0.3) is 22.3 Å². The van der Waals surface area contributed by atoms with Crippen molar-refractivity contribution in [3.63, 3.8) is 0 Å². The summed E-state index contributed by atoms with van der Waals surface area (Å²) in [6.07, 6.45) is 6.02. The molecule has 1 amide bonds. The number of hydrogen-bond acceptors (Lipinski definition) is 5. The molecule has 0 bridgehead atoms. The predicted molar refractivity (Wildman–Crippen MR) is 124 cm³/mol. The Balaban J connectivity index is 1.63. The van der Waals surface area contributed by atoms with Gasteiger partial charge >= 0.3 is 0 Å². The summed E-state index contributed by atoms with van der Waals surface area (Å²) in [5.41, 5.74) is 3.44. The van der Waals surface area contributed by atoms with Gasteiger partial charge in [0.15, 0.2) is 15.5 Å². The van der Waals surface area contributed by atoms with Gasteiger partial charge in [-0.15, -0.1) is 0 Å². The molecule has 1 saturated heterocycles. The van der Waals surface area contributed by atoms with Gasteiger partial charge in [0.1, 0.15) is 0 Å². The molecule has 1 unspecified atom stereocenters. The smallest absolute Gasteiger partial charge is 0.252 e. The van der Waals surface area contributed by atoms with E-state index in [1.807, 2.05) is 43.3 Å². The lowest BCUT2D eigenvalue weighted by Crippen LogP contribution is -2.36. The first-order chi connectivity index (χ1) is 15.4. The standard InChI is InChI=1S/C24H28N4O3S/c1-16-22-20(24(29)25-18-10-6-3-7-11-18)14-21(17-8-4-2-5-9-17)26-23(22)28(27-16)19-12-13-32(30,31)15-19/h2,4-5,8-9,14,18-19H,3,6-7,10-13,15H2,1H3,(H,25,29). The van der Waals surface area contributed by atoms with Crippen LogP contribution in [0.3, 0.4) is 0 Å². The highest BCUT2D eigenvalue weighted by atomic mass is 32.2. The van der Waals surface area contributed by atoms with Gasteiger partial charge in [0, 0.05) is 11.6 Å². The van der Waals surface area contributed by atoms with Crippen molar-refractivity contribution < 1.29 is 13.2 Å². The fourth-order valence-electron chi connectivity index (χ4n) is 4.98. The molecular formula is C24H28N4O3S. The van der Waals surface area contributed by atoms with E-state index >= 15 is 0 Å². The fourth-order valence-corrected chi connectivity index (χ4v) is 6.67. The Morgan fingerprint density at radius 1 is 1.09 bits per heavy atom. The monoisotopic (exact) mass is 452 g/mol. The topological polar surface area (TPSA) is 93.9 Å². The summed E-state index contributed by atoms with van der Waals surface area (Å²) in [5.74, 6) is 0.110. The van der Waals surface area contributed by atoms with Crippen molar-refractivity contribution in [2.75, 3.05) is 11.5 Å². The van der Waals surface area contributed by atoms with Crippen molar-refractivity contribution >= 4 is 26.8 Å². The van der Waals surface area contributed by atoms with Gasteiger partial charge in [-0.25, -0.2) is 18.1 Å². The fraction of sp³-hybridized carbons (Fsp3) is 0.458. The molecule has 7 nitrogen and oxygen atoms in total. The summed E-state index contributed by atoms with van der Waals surface area (Å²) >= 11 is 0. The van der Waals surface area contributed by atoms with E-state index in [0.717, 1.165) is 31.2 Å². The Morgan fingerprint density at radius 3 is 2.53 bits per heavy atom. The number of pyridine rings is 1. The zero-order chi connectivity index (χ0) is 22.3. The predicted octanol–water partition coefficient (Wildman–Crippen LogP) is 3.83. The largest absolute Gasteiger partial charge is 0.349 e. The molecule has 1 saturated carbocycles. The third kappa shape index (κ3) is 4.03. The number of benzene rings is 1. The highest BCUT2D eigenvalue weighted by Gasteiger charge is 2.32. The van der Waals surface area contributed by atoms with E-state index in [2.05, 4.69) is 10.4 Å². The van der Waals surface area contributed by atoms with Crippen molar-refractivity contribution in [2.24, 2.45) is 0 Å². The number of fused-ring (bicyclic) bond motifs is 1. The van der Waals surface area contributed by atoms with Crippen LogP contribution in [0.4, 0.5) is 0 Å². The second-order valence-corrected chi connectivity index (χ2v) is 11.2. The van der Waals surface area contributed by atoms with Gasteiger partial charge in [-0.05, 0) is 32.3 Å². The maximum atomic E-state index is 13.4. The number of carbonyl (C=O) groups excluding carboxylic acids is 1. The van der Waals surface area contributed by atoms with Crippen molar-refractivity contribution in [3.8, 4) is 11.3 Å². The van der Waals surface area contributed by atoms with Gasteiger partial charge in [0.2, 0.25) is 0 Å². The Bertz CT molecular complexity index is 1260. The van der Waals surface area contributed by atoms with E-state index in [4.69, 9.17) is 4.98 Å². The van der Waals surface area contributed by atoms with E-state index in [-0.39, 0.29) is 29.5 Å². The van der Waals surface area contributed by atoms with Crippen LogP contribution >= 0.6 is 0 Å². The molecule has 32 heavy (non-hydrogen) atoms. The molecule has 1 aliphatic heterocycles. The summed E-state index contributed by atoms with van der Waals surface area (Å²) in [6.45, 7) is 1.86. The first-order valence-corrected chi connectivity index (χ1v) is 13.2. The van der Waals surface area contributed by atoms with Crippen molar-refractivity contribution in [1.29, 1.82) is 0 Å². The molecule has 2 aliphatic rings. The molecule has 8 heteroatoms. The molecule has 2 aromatic heterocycles. The molecule has 0 spiro atoms. The molecule has 168 valence electrons. The van der Waals surface area contributed by atoms with E-state index in [9.17, 15) is 13.2 Å². The minimum absolute atomic E-state index is 0.0596. The van der Waals surface area contributed by atoms with Crippen molar-refractivity contribution in [2.45, 2.75) is 57.5 Å². The van der Waals surface area contributed by atoms with Crippen LogP contribution in [0.15, 0.2) is 36.4 Å². The number of amides is 1. The van der Waals surface area contributed by atoms with E-state index < -0.39 is 9.84 Å². The maximum absolute atomic E-state index is 13.4. The molecule has 3 heterocycles. The summed E-state index contributed by atoms with van der Waals surface area (Å²) in [6, 6.07) is 11.5. The highest BCUT2D eigenvalue weighted by Crippen LogP contribution is 2.32. The summed E-state index contributed by atoms with van der Waals surface area (Å²) < 4.78 is 26.0. The number of hydrogen-bond donors (Lipinski definition) is 1. The Hall–Kier alpha value is -2.74. The maximum Gasteiger partial charge on any atom is 0.252 e. The van der Waals surface area contributed by atoms with Gasteiger partial charge in [0.25, 0.3) is 5.91 Å². The van der Waals surface area contributed by atoms with Crippen LogP contribution in [0.1, 0.15) is 60.6 Å². The number of carbonyl (C=O) groups is 1. The molecule has 1 atom stereocenters. The van der Waals surface area contributed by atoms with Crippen LogP contribution < -0.4 is 5.32 Å². The normalized spacial score (nSPS) is 21.1. The van der Waals surface area contributed by atoms with Gasteiger partial charge in [-0.1, -0.05) is 49.6 Å². The number of nitrogens with one attached hydrogen (secondary N) is 1. The zero-order valence-electron chi connectivity index (χ0n) is 18.3. The van der Waals surface area contributed by atoms with E-state index in [0.29, 0.717) is 34.4 Å². The molecule has 1 aliphatic carbocycles. The lowest BCUT2D eigenvalue weighted by molar-refractivity contribution is 0.0929. The van der Waals surface area contributed by atoms with Gasteiger partial charge < -0.3 is 5.32 Å². The lowest BCUT2D eigenvalue weighted by Gasteiger charge is -2.23. The van der Waals surface area contributed by atoms with Crippen molar-refractivity contribution in [1.82, 2.24) is 20.1 Å². The lowest BCUT2D eigenvalue weighted by atomic mass is 9.95. The van der Waals surface area contributed by atoms with E-state index in [1.54, 1.807) is 4.68 Å². The second-order valence-electron chi connectivity index (χ2n) is 9.01. The van der Waals surface area contributed by atoms with Crippen LogP contribution in [0.2, 0.25) is 0 Å². The Morgan fingerprint density at radius 2 is 1.84 bits per heavy atom.